The van der Waals surface area contributed by atoms with Gasteiger partial charge in [-0.15, -0.1) is 0 Å². The minimum absolute atomic E-state index is 0.0278. The predicted molar refractivity (Wildman–Crippen MR) is 114 cm³/mol. The third kappa shape index (κ3) is 7.73. The summed E-state index contributed by atoms with van der Waals surface area (Å²) in [5.41, 5.74) is 1.62. The third-order valence-electron chi connectivity index (χ3n) is 4.70. The molecule has 1 fully saturated rings. The van der Waals surface area contributed by atoms with Crippen molar-refractivity contribution in [1.82, 2.24) is 20.4 Å². The number of carbonyl (C=O) groups is 2. The topological polar surface area (TPSA) is 86.3 Å². The van der Waals surface area contributed by atoms with Gasteiger partial charge in [0.15, 0.2) is 5.96 Å². The molecule has 2 amide bonds. The number of benzene rings is 1. The first-order valence-electron chi connectivity index (χ1n) is 10.0. The highest BCUT2D eigenvalue weighted by Gasteiger charge is 2.15. The normalized spacial score (nSPS) is 16.8. The number of hydrogen-bond acceptors (Lipinski definition) is 4. The lowest BCUT2D eigenvalue weighted by Gasteiger charge is -2.24. The minimum Gasteiger partial charge on any atom is -0.376 e. The van der Waals surface area contributed by atoms with Gasteiger partial charge in [-0.25, -0.2) is 4.99 Å². The van der Waals surface area contributed by atoms with Gasteiger partial charge in [0.1, 0.15) is 0 Å². The van der Waals surface area contributed by atoms with Crippen molar-refractivity contribution >= 4 is 17.8 Å². The molecular formula is C21H33N5O3. The Hall–Kier alpha value is -2.61. The van der Waals surface area contributed by atoms with E-state index in [1.807, 2.05) is 12.1 Å². The monoisotopic (exact) mass is 403 g/mol. The SMILES string of the molecule is CN(C)C(=O)CNC(=NCc1ccc(C(=O)N(C)C)cc1)NCC1CCCCO1. The van der Waals surface area contributed by atoms with Crippen LogP contribution in [0.1, 0.15) is 35.2 Å². The van der Waals surface area contributed by atoms with E-state index < -0.39 is 0 Å². The molecule has 8 heteroatoms. The molecule has 1 saturated heterocycles. The van der Waals surface area contributed by atoms with Crippen LogP contribution in [-0.4, -0.2) is 81.6 Å². The Kier molecular flexibility index (Phi) is 8.92. The van der Waals surface area contributed by atoms with E-state index in [0.29, 0.717) is 24.6 Å². The summed E-state index contributed by atoms with van der Waals surface area (Å²) in [5.74, 6) is 0.515. The molecule has 1 aliphatic heterocycles. The average Bonchev–Trinajstić information content (AvgIpc) is 2.73. The Morgan fingerprint density at radius 3 is 2.38 bits per heavy atom. The zero-order valence-electron chi connectivity index (χ0n) is 17.9. The van der Waals surface area contributed by atoms with Crippen molar-refractivity contribution in [2.45, 2.75) is 31.9 Å². The van der Waals surface area contributed by atoms with Gasteiger partial charge in [0.05, 0.1) is 19.2 Å². The third-order valence-corrected chi connectivity index (χ3v) is 4.70. The summed E-state index contributed by atoms with van der Waals surface area (Å²) in [4.78, 5) is 31.6. The van der Waals surface area contributed by atoms with Crippen LogP contribution in [0.25, 0.3) is 0 Å². The fourth-order valence-corrected chi connectivity index (χ4v) is 2.85. The lowest BCUT2D eigenvalue weighted by atomic mass is 10.1. The van der Waals surface area contributed by atoms with E-state index >= 15 is 0 Å². The molecule has 1 atom stereocenters. The maximum Gasteiger partial charge on any atom is 0.253 e. The van der Waals surface area contributed by atoms with Crippen molar-refractivity contribution in [2.75, 3.05) is 47.9 Å². The van der Waals surface area contributed by atoms with Gasteiger partial charge in [0.25, 0.3) is 5.91 Å². The van der Waals surface area contributed by atoms with E-state index in [1.165, 1.54) is 11.3 Å². The molecule has 1 heterocycles. The fraction of sp³-hybridized carbons (Fsp3) is 0.571. The Morgan fingerprint density at radius 2 is 1.79 bits per heavy atom. The maximum atomic E-state index is 12.0. The molecule has 0 bridgehead atoms. The Balaban J connectivity index is 1.98. The molecule has 8 nitrogen and oxygen atoms in total. The van der Waals surface area contributed by atoms with Gasteiger partial charge in [-0.2, -0.15) is 0 Å². The summed E-state index contributed by atoms with van der Waals surface area (Å²) < 4.78 is 5.75. The number of ether oxygens (including phenoxy) is 1. The van der Waals surface area contributed by atoms with Crippen molar-refractivity contribution in [3.63, 3.8) is 0 Å². The van der Waals surface area contributed by atoms with Crippen LogP contribution in [0, 0.1) is 0 Å². The molecule has 0 aromatic heterocycles. The Labute approximate surface area is 173 Å². The van der Waals surface area contributed by atoms with Crippen LogP contribution < -0.4 is 10.6 Å². The second-order valence-corrected chi connectivity index (χ2v) is 7.57. The van der Waals surface area contributed by atoms with Gasteiger partial charge >= 0.3 is 0 Å². The molecular weight excluding hydrogens is 370 g/mol. The molecule has 1 aromatic rings. The molecule has 0 saturated carbocycles. The van der Waals surface area contributed by atoms with Gasteiger partial charge in [-0.05, 0) is 37.0 Å². The number of nitrogens with one attached hydrogen (secondary N) is 2. The number of likely N-dealkylation sites (N-methyl/N-ethyl adjacent to an activating group) is 1. The van der Waals surface area contributed by atoms with E-state index in [2.05, 4.69) is 15.6 Å². The summed E-state index contributed by atoms with van der Waals surface area (Å²) in [7, 11) is 6.91. The predicted octanol–water partition coefficient (Wildman–Crippen LogP) is 1.08. The van der Waals surface area contributed by atoms with Crippen LogP contribution in [0.4, 0.5) is 0 Å². The van der Waals surface area contributed by atoms with Crippen LogP contribution in [0.15, 0.2) is 29.3 Å². The van der Waals surface area contributed by atoms with Crippen molar-refractivity contribution in [3.05, 3.63) is 35.4 Å². The Morgan fingerprint density at radius 1 is 1.07 bits per heavy atom. The van der Waals surface area contributed by atoms with Gasteiger partial charge in [0.2, 0.25) is 5.91 Å². The van der Waals surface area contributed by atoms with Crippen molar-refractivity contribution in [1.29, 1.82) is 0 Å². The van der Waals surface area contributed by atoms with Crippen LogP contribution in [-0.2, 0) is 16.1 Å². The minimum atomic E-state index is -0.0289. The van der Waals surface area contributed by atoms with Crippen LogP contribution in [0.5, 0.6) is 0 Å². The number of rotatable bonds is 7. The summed E-state index contributed by atoms with van der Waals surface area (Å²) in [5, 5.41) is 6.37. The van der Waals surface area contributed by atoms with Gasteiger partial charge in [-0.3, -0.25) is 9.59 Å². The second kappa shape index (κ2) is 11.4. The molecule has 2 N–H and O–H groups in total. The Bertz CT molecular complexity index is 695. The molecule has 1 aromatic carbocycles. The van der Waals surface area contributed by atoms with Crippen molar-refractivity contribution in [3.8, 4) is 0 Å². The number of carbonyl (C=O) groups excluding carboxylic acids is 2. The molecule has 1 aliphatic rings. The van der Waals surface area contributed by atoms with E-state index in [0.717, 1.165) is 25.0 Å². The molecule has 1 unspecified atom stereocenters. The van der Waals surface area contributed by atoms with E-state index in [1.54, 1.807) is 45.2 Å². The van der Waals surface area contributed by atoms with Gasteiger partial charge in [0, 0.05) is 46.9 Å². The maximum absolute atomic E-state index is 12.0. The molecule has 0 spiro atoms. The molecule has 0 radical (unpaired) electrons. The lowest BCUT2D eigenvalue weighted by molar-refractivity contribution is -0.127. The number of amides is 2. The van der Waals surface area contributed by atoms with Crippen molar-refractivity contribution < 1.29 is 14.3 Å². The highest BCUT2D eigenvalue weighted by Crippen LogP contribution is 2.11. The van der Waals surface area contributed by atoms with Gasteiger partial charge in [-0.1, -0.05) is 12.1 Å². The van der Waals surface area contributed by atoms with E-state index in [4.69, 9.17) is 4.74 Å². The summed E-state index contributed by atoms with van der Waals surface area (Å²) >= 11 is 0. The first-order chi connectivity index (χ1) is 13.9. The second-order valence-electron chi connectivity index (χ2n) is 7.57. The lowest BCUT2D eigenvalue weighted by Crippen LogP contribution is -2.45. The summed E-state index contributed by atoms with van der Waals surface area (Å²) in [6.45, 7) is 2.05. The number of guanidine groups is 1. The smallest absolute Gasteiger partial charge is 0.253 e. The first kappa shape index (κ1) is 22.7. The van der Waals surface area contributed by atoms with Gasteiger partial charge < -0.3 is 25.2 Å². The first-order valence-corrected chi connectivity index (χ1v) is 10.0. The van der Waals surface area contributed by atoms with Crippen LogP contribution in [0.3, 0.4) is 0 Å². The zero-order chi connectivity index (χ0) is 21.2. The largest absolute Gasteiger partial charge is 0.376 e. The van der Waals surface area contributed by atoms with Crippen molar-refractivity contribution in [2.24, 2.45) is 4.99 Å². The highest BCUT2D eigenvalue weighted by atomic mass is 16.5. The molecule has 160 valence electrons. The molecule has 0 aliphatic carbocycles. The number of aliphatic imine (C=N–C) groups is 1. The highest BCUT2D eigenvalue weighted by molar-refractivity contribution is 5.93. The van der Waals surface area contributed by atoms with E-state index in [-0.39, 0.29) is 24.5 Å². The average molecular weight is 404 g/mol. The number of hydrogen-bond donors (Lipinski definition) is 2. The fourth-order valence-electron chi connectivity index (χ4n) is 2.85. The quantitative estimate of drug-likeness (QED) is 0.526. The van der Waals surface area contributed by atoms with Crippen LogP contribution >= 0.6 is 0 Å². The molecule has 29 heavy (non-hydrogen) atoms. The standard InChI is InChI=1S/C21H33N5O3/c1-25(2)19(27)15-24-21(23-14-18-7-5-6-12-29-18)22-13-16-8-10-17(11-9-16)20(28)26(3)4/h8-11,18H,5-7,12-15H2,1-4H3,(H2,22,23,24). The number of nitrogens with zero attached hydrogens (tertiary/aromatic N) is 3. The summed E-state index contributed by atoms with van der Waals surface area (Å²) in [6.07, 6.45) is 3.47. The van der Waals surface area contributed by atoms with Crippen LogP contribution in [0.2, 0.25) is 0 Å². The summed E-state index contributed by atoms with van der Waals surface area (Å²) in [6, 6.07) is 7.40. The molecule has 2 rings (SSSR count). The zero-order valence-corrected chi connectivity index (χ0v) is 17.9. The van der Waals surface area contributed by atoms with E-state index in [9.17, 15) is 9.59 Å².